The van der Waals surface area contributed by atoms with Gasteiger partial charge in [-0.1, -0.05) is 48.0 Å². The molecule has 0 saturated carbocycles. The molecule has 0 aliphatic heterocycles. The largest absolute Gasteiger partial charge is 0.350 e. The van der Waals surface area contributed by atoms with Crippen LogP contribution in [0, 0.1) is 12.7 Å². The zero-order chi connectivity index (χ0) is 28.8. The molecule has 1 unspecified atom stereocenters. The van der Waals surface area contributed by atoms with Crippen molar-refractivity contribution in [2.24, 2.45) is 0 Å². The van der Waals surface area contributed by atoms with Crippen molar-refractivity contribution < 1.29 is 22.4 Å². The Morgan fingerprint density at radius 2 is 1.51 bits per heavy atom. The van der Waals surface area contributed by atoms with Crippen LogP contribution in [0.4, 0.5) is 10.1 Å². The predicted molar refractivity (Wildman–Crippen MR) is 151 cm³/mol. The normalized spacial score (nSPS) is 12.5. The molecule has 0 radical (unpaired) electrons. The quantitative estimate of drug-likeness (QED) is 0.394. The lowest BCUT2D eigenvalue weighted by atomic mass is 10.1. The fraction of sp³-hybridized carbons (Fsp3) is 0.333. The Bertz CT molecular complexity index is 1370. The number of halogens is 1. The number of hydrogen-bond acceptors (Lipinski definition) is 4. The number of nitrogens with one attached hydrogen (secondary N) is 1. The van der Waals surface area contributed by atoms with Crippen LogP contribution in [0.5, 0.6) is 0 Å². The maximum atomic E-state index is 13.8. The molecule has 7 nitrogen and oxygen atoms in total. The van der Waals surface area contributed by atoms with E-state index < -0.39 is 39.9 Å². The number of anilines is 1. The van der Waals surface area contributed by atoms with E-state index in [1.807, 2.05) is 58.0 Å². The third-order valence-electron chi connectivity index (χ3n) is 6.15. The van der Waals surface area contributed by atoms with Crippen LogP contribution in [0.15, 0.2) is 83.8 Å². The molecule has 0 fully saturated rings. The van der Waals surface area contributed by atoms with Crippen LogP contribution in [-0.2, 0) is 26.0 Å². The van der Waals surface area contributed by atoms with E-state index in [0.717, 1.165) is 27.6 Å². The molecule has 3 aromatic carbocycles. The average Bonchev–Trinajstić information content (AvgIpc) is 2.87. The van der Waals surface area contributed by atoms with E-state index in [0.29, 0.717) is 6.42 Å². The van der Waals surface area contributed by atoms with Crippen molar-refractivity contribution in [3.8, 4) is 0 Å². The fourth-order valence-corrected chi connectivity index (χ4v) is 5.43. The van der Waals surface area contributed by atoms with Crippen molar-refractivity contribution in [1.82, 2.24) is 10.2 Å². The molecule has 208 valence electrons. The second-order valence-corrected chi connectivity index (χ2v) is 12.4. The summed E-state index contributed by atoms with van der Waals surface area (Å²) in [4.78, 5) is 28.3. The monoisotopic (exact) mass is 553 g/mol. The number of sulfonamides is 1. The van der Waals surface area contributed by atoms with Gasteiger partial charge in [0, 0.05) is 12.1 Å². The molecule has 39 heavy (non-hydrogen) atoms. The van der Waals surface area contributed by atoms with Gasteiger partial charge in [-0.25, -0.2) is 12.8 Å². The predicted octanol–water partition coefficient (Wildman–Crippen LogP) is 4.70. The molecular weight excluding hydrogens is 517 g/mol. The first-order valence-corrected chi connectivity index (χ1v) is 14.2. The minimum atomic E-state index is -4.19. The van der Waals surface area contributed by atoms with Crippen LogP contribution in [0.3, 0.4) is 0 Å². The second-order valence-electron chi connectivity index (χ2n) is 10.5. The molecule has 3 rings (SSSR count). The molecule has 0 aromatic heterocycles. The zero-order valence-corrected chi connectivity index (χ0v) is 23.8. The lowest BCUT2D eigenvalue weighted by Gasteiger charge is -2.33. The molecule has 0 aliphatic rings. The van der Waals surface area contributed by atoms with Gasteiger partial charge in [-0.05, 0) is 83.0 Å². The van der Waals surface area contributed by atoms with Gasteiger partial charge in [-0.2, -0.15) is 0 Å². The van der Waals surface area contributed by atoms with Crippen molar-refractivity contribution >= 4 is 27.5 Å². The van der Waals surface area contributed by atoms with E-state index in [1.165, 1.54) is 29.2 Å². The topological polar surface area (TPSA) is 86.8 Å². The number of aryl methyl sites for hydroxylation is 1. The molecule has 1 N–H and O–H groups in total. The van der Waals surface area contributed by atoms with Gasteiger partial charge in [0.25, 0.3) is 10.0 Å². The summed E-state index contributed by atoms with van der Waals surface area (Å²) in [6.45, 7) is 8.63. The van der Waals surface area contributed by atoms with Gasteiger partial charge in [-0.3, -0.25) is 13.9 Å². The lowest BCUT2D eigenvalue weighted by Crippen LogP contribution is -2.55. The summed E-state index contributed by atoms with van der Waals surface area (Å²) in [5.74, 6) is -1.43. The van der Waals surface area contributed by atoms with Crippen LogP contribution >= 0.6 is 0 Å². The Morgan fingerprint density at radius 3 is 2.08 bits per heavy atom. The summed E-state index contributed by atoms with van der Waals surface area (Å²) in [6, 6.07) is 19.9. The van der Waals surface area contributed by atoms with Crippen LogP contribution in [-0.4, -0.2) is 49.8 Å². The number of benzene rings is 3. The molecule has 0 saturated heterocycles. The first-order chi connectivity index (χ1) is 18.3. The molecule has 1 atom stereocenters. The maximum Gasteiger partial charge on any atom is 0.264 e. The average molecular weight is 554 g/mol. The highest BCUT2D eigenvalue weighted by Gasteiger charge is 2.33. The summed E-state index contributed by atoms with van der Waals surface area (Å²) in [5, 5.41) is 2.90. The smallest absolute Gasteiger partial charge is 0.264 e. The van der Waals surface area contributed by atoms with Crippen molar-refractivity contribution in [1.29, 1.82) is 0 Å². The Morgan fingerprint density at radius 1 is 0.923 bits per heavy atom. The molecule has 0 aliphatic carbocycles. The lowest BCUT2D eigenvalue weighted by molar-refractivity contribution is -0.139. The zero-order valence-electron chi connectivity index (χ0n) is 23.0. The van der Waals surface area contributed by atoms with E-state index in [9.17, 15) is 22.4 Å². The Kier molecular flexibility index (Phi) is 9.50. The number of amides is 2. The van der Waals surface area contributed by atoms with Crippen LogP contribution in [0.2, 0.25) is 0 Å². The summed E-state index contributed by atoms with van der Waals surface area (Å²) in [6.07, 6.45) is 0.473. The van der Waals surface area contributed by atoms with Gasteiger partial charge < -0.3 is 10.2 Å². The van der Waals surface area contributed by atoms with Crippen LogP contribution < -0.4 is 9.62 Å². The molecular formula is C30H36FN3O4S. The van der Waals surface area contributed by atoms with E-state index in [-0.39, 0.29) is 23.0 Å². The molecule has 9 heteroatoms. The second kappa shape index (κ2) is 12.4. The number of nitrogens with zero attached hydrogens (tertiary/aromatic N) is 2. The molecule has 2 amide bonds. The van der Waals surface area contributed by atoms with Gasteiger partial charge in [0.2, 0.25) is 11.8 Å². The van der Waals surface area contributed by atoms with Crippen LogP contribution in [0.1, 0.15) is 38.8 Å². The molecule has 0 heterocycles. The SMILES string of the molecule is Cc1ccc(S(=O)(=O)N(CC(=O)N(CCc2ccccc2)C(C)C(=O)NC(C)(C)C)c2ccc(F)cc2)cc1. The van der Waals surface area contributed by atoms with Gasteiger partial charge in [0.15, 0.2) is 0 Å². The third kappa shape index (κ3) is 8.13. The number of carbonyl (C=O) groups is 2. The van der Waals surface area contributed by atoms with Crippen LogP contribution in [0.25, 0.3) is 0 Å². The molecule has 0 bridgehead atoms. The number of rotatable bonds is 10. The highest BCUT2D eigenvalue weighted by Crippen LogP contribution is 2.25. The number of hydrogen-bond donors (Lipinski definition) is 1. The summed E-state index contributed by atoms with van der Waals surface area (Å²) in [5.41, 5.74) is 1.47. The Hall–Kier alpha value is -3.72. The Balaban J connectivity index is 1.98. The summed E-state index contributed by atoms with van der Waals surface area (Å²) >= 11 is 0. The van der Waals surface area contributed by atoms with Gasteiger partial charge in [-0.15, -0.1) is 0 Å². The van der Waals surface area contributed by atoms with Crippen molar-refractivity contribution in [3.05, 3.63) is 95.8 Å². The van der Waals surface area contributed by atoms with Crippen molar-refractivity contribution in [3.63, 3.8) is 0 Å². The van der Waals surface area contributed by atoms with E-state index in [1.54, 1.807) is 19.1 Å². The maximum absolute atomic E-state index is 13.8. The standard InChI is InChI=1S/C30H36FN3O4S/c1-22-11-17-27(18-12-22)39(37,38)34(26-15-13-25(31)14-16-26)21-28(35)33(20-19-24-9-7-6-8-10-24)23(2)29(36)32-30(3,4)5/h6-18,23H,19-21H2,1-5H3,(H,32,36). The third-order valence-corrected chi connectivity index (χ3v) is 7.94. The minimum Gasteiger partial charge on any atom is -0.350 e. The first-order valence-electron chi connectivity index (χ1n) is 12.8. The number of carbonyl (C=O) groups excluding carboxylic acids is 2. The Labute approximate surface area is 230 Å². The van der Waals surface area contributed by atoms with E-state index in [4.69, 9.17) is 0 Å². The fourth-order valence-electron chi connectivity index (χ4n) is 4.02. The highest BCUT2D eigenvalue weighted by atomic mass is 32.2. The van der Waals surface area contributed by atoms with Gasteiger partial charge in [0.1, 0.15) is 18.4 Å². The summed E-state index contributed by atoms with van der Waals surface area (Å²) < 4.78 is 42.2. The molecule has 0 spiro atoms. The van der Waals surface area contributed by atoms with Crippen molar-refractivity contribution in [2.75, 3.05) is 17.4 Å². The van der Waals surface area contributed by atoms with Gasteiger partial charge >= 0.3 is 0 Å². The van der Waals surface area contributed by atoms with E-state index >= 15 is 0 Å². The summed E-state index contributed by atoms with van der Waals surface area (Å²) in [7, 11) is -4.19. The highest BCUT2D eigenvalue weighted by molar-refractivity contribution is 7.92. The van der Waals surface area contributed by atoms with E-state index in [2.05, 4.69) is 5.32 Å². The van der Waals surface area contributed by atoms with Gasteiger partial charge in [0.05, 0.1) is 10.6 Å². The molecule has 3 aromatic rings. The minimum absolute atomic E-state index is 0.000385. The first kappa shape index (κ1) is 29.8. The van der Waals surface area contributed by atoms with Crippen molar-refractivity contribution in [2.45, 2.75) is 57.5 Å².